The SMILES string of the molecule is CC(C)(C)c1ccc(C(=O)Oc2ccc(C(=O)/C=C/c3cccs3)cc2)cc1. The second-order valence-electron chi connectivity index (χ2n) is 7.45. The Hall–Kier alpha value is -2.98. The van der Waals surface area contributed by atoms with E-state index in [0.29, 0.717) is 16.9 Å². The first-order valence-corrected chi connectivity index (χ1v) is 9.89. The number of hydrogen-bond acceptors (Lipinski definition) is 4. The summed E-state index contributed by atoms with van der Waals surface area (Å²) in [4.78, 5) is 25.6. The van der Waals surface area contributed by atoms with Gasteiger partial charge in [0.1, 0.15) is 5.75 Å². The summed E-state index contributed by atoms with van der Waals surface area (Å²) in [5.74, 6) is -0.107. The minimum atomic E-state index is -0.419. The molecule has 0 atom stereocenters. The van der Waals surface area contributed by atoms with Gasteiger partial charge in [-0.05, 0) is 71.0 Å². The van der Waals surface area contributed by atoms with Gasteiger partial charge in [-0.1, -0.05) is 39.0 Å². The monoisotopic (exact) mass is 390 g/mol. The summed E-state index contributed by atoms with van der Waals surface area (Å²) < 4.78 is 5.41. The molecular formula is C24H22O3S. The minimum absolute atomic E-state index is 0.0305. The Labute approximate surface area is 169 Å². The van der Waals surface area contributed by atoms with Crippen LogP contribution in [0.5, 0.6) is 5.75 Å². The fraction of sp³-hybridized carbons (Fsp3) is 0.167. The maximum Gasteiger partial charge on any atom is 0.343 e. The number of rotatable bonds is 5. The summed E-state index contributed by atoms with van der Waals surface area (Å²) in [6, 6.07) is 17.9. The summed E-state index contributed by atoms with van der Waals surface area (Å²) in [6.45, 7) is 6.37. The zero-order valence-electron chi connectivity index (χ0n) is 16.1. The van der Waals surface area contributed by atoms with E-state index in [2.05, 4.69) is 20.8 Å². The van der Waals surface area contributed by atoms with Crippen LogP contribution in [0.4, 0.5) is 0 Å². The topological polar surface area (TPSA) is 43.4 Å². The molecule has 0 unspecified atom stereocenters. The number of carbonyl (C=O) groups excluding carboxylic acids is 2. The molecule has 28 heavy (non-hydrogen) atoms. The number of ether oxygens (including phenoxy) is 1. The van der Waals surface area contributed by atoms with E-state index < -0.39 is 5.97 Å². The molecule has 0 aliphatic carbocycles. The lowest BCUT2D eigenvalue weighted by atomic mass is 9.87. The van der Waals surface area contributed by atoms with Gasteiger partial charge in [-0.3, -0.25) is 4.79 Å². The molecule has 0 saturated carbocycles. The standard InChI is InChI=1S/C24H22O3S/c1-24(2,3)19-10-6-18(7-11-19)23(26)27-20-12-8-17(9-13-20)22(25)15-14-21-5-4-16-28-21/h4-16H,1-3H3/b15-14+. The van der Waals surface area contributed by atoms with E-state index in [1.165, 1.54) is 0 Å². The Morgan fingerprint density at radius 1 is 0.893 bits per heavy atom. The van der Waals surface area contributed by atoms with Gasteiger partial charge in [0, 0.05) is 10.4 Å². The first-order chi connectivity index (χ1) is 13.3. The van der Waals surface area contributed by atoms with Crippen LogP contribution in [0, 0.1) is 0 Å². The van der Waals surface area contributed by atoms with Crippen molar-refractivity contribution in [2.24, 2.45) is 0 Å². The summed E-state index contributed by atoms with van der Waals surface area (Å²) >= 11 is 1.57. The van der Waals surface area contributed by atoms with Crippen molar-refractivity contribution in [2.75, 3.05) is 0 Å². The summed E-state index contributed by atoms with van der Waals surface area (Å²) in [6.07, 6.45) is 3.34. The van der Waals surface area contributed by atoms with Gasteiger partial charge in [-0.15, -0.1) is 11.3 Å². The van der Waals surface area contributed by atoms with Crippen molar-refractivity contribution < 1.29 is 14.3 Å². The summed E-state index contributed by atoms with van der Waals surface area (Å²) in [5, 5.41) is 1.96. The van der Waals surface area contributed by atoms with Gasteiger partial charge < -0.3 is 4.74 Å². The van der Waals surface area contributed by atoms with Crippen molar-refractivity contribution in [2.45, 2.75) is 26.2 Å². The van der Waals surface area contributed by atoms with Gasteiger partial charge >= 0.3 is 5.97 Å². The van der Waals surface area contributed by atoms with Gasteiger partial charge in [0.15, 0.2) is 5.78 Å². The molecule has 1 heterocycles. The molecule has 1 aromatic heterocycles. The fourth-order valence-corrected chi connectivity index (χ4v) is 3.22. The first kappa shape index (κ1) is 19.8. The van der Waals surface area contributed by atoms with Gasteiger partial charge in [0.05, 0.1) is 5.56 Å². The number of benzene rings is 2. The third-order valence-corrected chi connectivity index (χ3v) is 5.12. The summed E-state index contributed by atoms with van der Waals surface area (Å²) in [7, 11) is 0. The van der Waals surface area contributed by atoms with Crippen LogP contribution < -0.4 is 4.74 Å². The van der Waals surface area contributed by atoms with E-state index in [4.69, 9.17) is 4.74 Å². The molecule has 3 nitrogen and oxygen atoms in total. The Bertz CT molecular complexity index is 974. The maximum absolute atomic E-state index is 12.3. The molecule has 0 aliphatic rings. The molecule has 142 valence electrons. The molecule has 0 fully saturated rings. The Morgan fingerprint density at radius 2 is 1.54 bits per heavy atom. The zero-order valence-corrected chi connectivity index (χ0v) is 17.0. The van der Waals surface area contributed by atoms with Crippen LogP contribution in [0.3, 0.4) is 0 Å². The lowest BCUT2D eigenvalue weighted by molar-refractivity contribution is 0.0734. The van der Waals surface area contributed by atoms with Crippen LogP contribution in [0.1, 0.15) is 51.9 Å². The number of esters is 1. The van der Waals surface area contributed by atoms with Gasteiger partial charge in [-0.2, -0.15) is 0 Å². The molecule has 0 saturated heterocycles. The number of hydrogen-bond donors (Lipinski definition) is 0. The second-order valence-corrected chi connectivity index (χ2v) is 8.43. The highest BCUT2D eigenvalue weighted by Crippen LogP contribution is 2.23. The van der Waals surface area contributed by atoms with Gasteiger partial charge in [-0.25, -0.2) is 4.79 Å². The smallest absolute Gasteiger partial charge is 0.343 e. The Morgan fingerprint density at radius 3 is 2.11 bits per heavy atom. The molecule has 0 amide bonds. The average molecular weight is 391 g/mol. The van der Waals surface area contributed by atoms with E-state index in [1.54, 1.807) is 59.9 Å². The molecule has 0 spiro atoms. The number of ketones is 1. The molecule has 3 aromatic rings. The predicted octanol–water partition coefficient (Wildman–Crippen LogP) is 6.16. The third-order valence-electron chi connectivity index (χ3n) is 4.28. The zero-order chi connectivity index (χ0) is 20.1. The number of thiophene rings is 1. The van der Waals surface area contributed by atoms with E-state index in [0.717, 1.165) is 10.4 Å². The predicted molar refractivity (Wildman–Crippen MR) is 114 cm³/mol. The second kappa shape index (κ2) is 8.36. The molecule has 0 bridgehead atoms. The first-order valence-electron chi connectivity index (χ1n) is 9.02. The lowest BCUT2D eigenvalue weighted by Crippen LogP contribution is -2.13. The van der Waals surface area contributed by atoms with Crippen LogP contribution in [0.2, 0.25) is 0 Å². The molecule has 2 aromatic carbocycles. The molecule has 0 N–H and O–H groups in total. The lowest BCUT2D eigenvalue weighted by Gasteiger charge is -2.18. The van der Waals surface area contributed by atoms with Crippen LogP contribution >= 0.6 is 11.3 Å². The van der Waals surface area contributed by atoms with Crippen molar-refractivity contribution >= 4 is 29.2 Å². The van der Waals surface area contributed by atoms with Crippen LogP contribution in [-0.2, 0) is 5.41 Å². The van der Waals surface area contributed by atoms with Crippen molar-refractivity contribution in [1.82, 2.24) is 0 Å². The molecule has 0 radical (unpaired) electrons. The molecule has 4 heteroatoms. The van der Waals surface area contributed by atoms with Crippen LogP contribution in [0.15, 0.2) is 72.1 Å². The van der Waals surface area contributed by atoms with Crippen LogP contribution in [-0.4, -0.2) is 11.8 Å². The third kappa shape index (κ3) is 5.05. The Kier molecular flexibility index (Phi) is 5.90. The van der Waals surface area contributed by atoms with E-state index in [9.17, 15) is 9.59 Å². The molecule has 0 aliphatic heterocycles. The number of carbonyl (C=O) groups is 2. The highest BCUT2D eigenvalue weighted by atomic mass is 32.1. The largest absolute Gasteiger partial charge is 0.423 e. The minimum Gasteiger partial charge on any atom is -0.423 e. The van der Waals surface area contributed by atoms with Crippen molar-refractivity contribution in [3.05, 3.63) is 93.7 Å². The quantitative estimate of drug-likeness (QED) is 0.227. The normalized spacial score (nSPS) is 11.5. The van der Waals surface area contributed by atoms with E-state index >= 15 is 0 Å². The highest BCUT2D eigenvalue weighted by molar-refractivity contribution is 7.10. The fourth-order valence-electron chi connectivity index (χ4n) is 2.60. The summed E-state index contributed by atoms with van der Waals surface area (Å²) in [5.41, 5.74) is 2.22. The van der Waals surface area contributed by atoms with Crippen molar-refractivity contribution in [1.29, 1.82) is 0 Å². The maximum atomic E-state index is 12.3. The van der Waals surface area contributed by atoms with Crippen LogP contribution in [0.25, 0.3) is 6.08 Å². The Balaban J connectivity index is 1.63. The van der Waals surface area contributed by atoms with Gasteiger partial charge in [0.25, 0.3) is 0 Å². The van der Waals surface area contributed by atoms with E-state index in [-0.39, 0.29) is 11.2 Å². The highest BCUT2D eigenvalue weighted by Gasteiger charge is 2.15. The van der Waals surface area contributed by atoms with Gasteiger partial charge in [0.2, 0.25) is 0 Å². The van der Waals surface area contributed by atoms with Crippen molar-refractivity contribution in [3.8, 4) is 5.75 Å². The molecule has 3 rings (SSSR count). The average Bonchev–Trinajstić information content (AvgIpc) is 3.20. The van der Waals surface area contributed by atoms with E-state index in [1.807, 2.05) is 29.6 Å². The number of allylic oxidation sites excluding steroid dienone is 1. The molecular weight excluding hydrogens is 368 g/mol. The van der Waals surface area contributed by atoms with Crippen molar-refractivity contribution in [3.63, 3.8) is 0 Å².